The highest BCUT2D eigenvalue weighted by molar-refractivity contribution is 6.03. The van der Waals surface area contributed by atoms with Crippen molar-refractivity contribution in [2.24, 2.45) is 0 Å². The van der Waals surface area contributed by atoms with Crippen molar-refractivity contribution >= 4 is 11.8 Å². The van der Waals surface area contributed by atoms with Crippen molar-refractivity contribution in [2.75, 3.05) is 18.5 Å². The van der Waals surface area contributed by atoms with Gasteiger partial charge in [-0.2, -0.15) is 5.10 Å². The number of aromatic amines is 1. The van der Waals surface area contributed by atoms with Crippen molar-refractivity contribution in [1.82, 2.24) is 15.4 Å². The van der Waals surface area contributed by atoms with Crippen LogP contribution in [0.1, 0.15) is 64.8 Å². The number of hydrogen-bond acceptors (Lipinski definition) is 6. The fraction of sp³-hybridized carbons (Fsp3) is 0.529. The third-order valence-corrected chi connectivity index (χ3v) is 4.86. The van der Waals surface area contributed by atoms with E-state index in [-0.39, 0.29) is 17.4 Å². The second-order valence-electron chi connectivity index (χ2n) is 6.67. The first-order chi connectivity index (χ1) is 12.1. The maximum Gasteiger partial charge on any atom is 0.277 e. The van der Waals surface area contributed by atoms with Crippen LogP contribution >= 0.6 is 0 Å². The van der Waals surface area contributed by atoms with E-state index in [4.69, 9.17) is 9.26 Å². The van der Waals surface area contributed by atoms with Gasteiger partial charge in [-0.1, -0.05) is 5.16 Å². The Labute approximate surface area is 143 Å². The number of ether oxygens (including phenoxy) is 1. The highest BCUT2D eigenvalue weighted by Crippen LogP contribution is 2.38. The van der Waals surface area contributed by atoms with Crippen LogP contribution in [0.15, 0.2) is 15.4 Å². The molecule has 0 radical (unpaired) electrons. The molecule has 0 bridgehead atoms. The van der Waals surface area contributed by atoms with E-state index in [2.05, 4.69) is 20.7 Å². The number of carbonyl (C=O) groups is 1. The Balaban J connectivity index is 1.54. The number of amides is 1. The first-order valence-electron chi connectivity index (χ1n) is 8.58. The first-order valence-corrected chi connectivity index (χ1v) is 8.58. The van der Waals surface area contributed by atoms with E-state index < -0.39 is 11.5 Å². The lowest BCUT2D eigenvalue weighted by atomic mass is 9.94. The Bertz CT molecular complexity index is 847. The molecule has 0 spiro atoms. The molecule has 2 fully saturated rings. The second-order valence-corrected chi connectivity index (χ2v) is 6.67. The Morgan fingerprint density at radius 3 is 2.72 bits per heavy atom. The molecule has 8 nitrogen and oxygen atoms in total. The Morgan fingerprint density at radius 2 is 2.00 bits per heavy atom. The zero-order chi connectivity index (χ0) is 17.4. The minimum absolute atomic E-state index is 0.0420. The number of nitrogens with one attached hydrogen (secondary N) is 2. The molecule has 1 aliphatic carbocycles. The topological polar surface area (TPSA) is 110 Å². The number of hydrogen-bond donors (Lipinski definition) is 2. The summed E-state index contributed by atoms with van der Waals surface area (Å²) < 4.78 is 10.7. The molecule has 2 aliphatic rings. The summed E-state index contributed by atoms with van der Waals surface area (Å²) in [4.78, 5) is 24.4. The third-order valence-electron chi connectivity index (χ3n) is 4.86. The van der Waals surface area contributed by atoms with Gasteiger partial charge in [0.1, 0.15) is 5.56 Å². The van der Waals surface area contributed by atoms with Crippen molar-refractivity contribution in [3.63, 3.8) is 0 Å². The number of rotatable bonds is 4. The van der Waals surface area contributed by atoms with Gasteiger partial charge in [-0.05, 0) is 38.7 Å². The summed E-state index contributed by atoms with van der Waals surface area (Å²) in [7, 11) is 0. The number of nitrogens with zero attached hydrogens (tertiary/aromatic N) is 2. The van der Waals surface area contributed by atoms with Crippen molar-refractivity contribution in [3.8, 4) is 0 Å². The van der Waals surface area contributed by atoms with E-state index in [9.17, 15) is 9.59 Å². The van der Waals surface area contributed by atoms with Gasteiger partial charge >= 0.3 is 0 Å². The standard InChI is InChI=1S/C17H20N4O4/c1-9-14(11-4-6-24-7-5-11)21-25-17(9)18-15(22)12-8-13(10-2-3-10)19-20-16(12)23/h8,10-11H,2-7H2,1H3,(H,18,22)(H,20,23). The van der Waals surface area contributed by atoms with Gasteiger partial charge in [0, 0.05) is 30.6 Å². The summed E-state index contributed by atoms with van der Waals surface area (Å²) in [5.74, 6) is 0.392. The van der Waals surface area contributed by atoms with Crippen molar-refractivity contribution in [2.45, 2.75) is 44.4 Å². The Hall–Kier alpha value is -2.48. The molecule has 1 aliphatic heterocycles. The summed E-state index contributed by atoms with van der Waals surface area (Å²) in [6.07, 6.45) is 3.84. The van der Waals surface area contributed by atoms with Gasteiger partial charge in [0.2, 0.25) is 5.88 Å². The fourth-order valence-corrected chi connectivity index (χ4v) is 3.16. The van der Waals surface area contributed by atoms with E-state index in [0.717, 1.165) is 42.6 Å². The SMILES string of the molecule is Cc1c(C2CCOCC2)noc1NC(=O)c1cc(C2CC2)n[nH]c1=O. The highest BCUT2D eigenvalue weighted by atomic mass is 16.5. The Morgan fingerprint density at radius 1 is 1.24 bits per heavy atom. The summed E-state index contributed by atoms with van der Waals surface area (Å²) in [6, 6.07) is 1.57. The highest BCUT2D eigenvalue weighted by Gasteiger charge is 2.28. The van der Waals surface area contributed by atoms with Crippen LogP contribution < -0.4 is 10.9 Å². The van der Waals surface area contributed by atoms with Crippen LogP contribution in [-0.2, 0) is 4.74 Å². The van der Waals surface area contributed by atoms with Crippen molar-refractivity contribution in [1.29, 1.82) is 0 Å². The molecule has 2 aromatic heterocycles. The van der Waals surface area contributed by atoms with Crippen LogP contribution in [0.3, 0.4) is 0 Å². The van der Waals surface area contributed by atoms with Gasteiger partial charge in [0.05, 0.1) is 11.4 Å². The number of H-pyrrole nitrogens is 1. The summed E-state index contributed by atoms with van der Waals surface area (Å²) >= 11 is 0. The summed E-state index contributed by atoms with van der Waals surface area (Å²) in [6.45, 7) is 3.27. The normalized spacial score (nSPS) is 18.3. The molecule has 132 valence electrons. The van der Waals surface area contributed by atoms with E-state index >= 15 is 0 Å². The molecule has 25 heavy (non-hydrogen) atoms. The van der Waals surface area contributed by atoms with Crippen molar-refractivity contribution < 1.29 is 14.1 Å². The molecular weight excluding hydrogens is 324 g/mol. The number of aromatic nitrogens is 3. The van der Waals surface area contributed by atoms with Gasteiger partial charge < -0.3 is 9.26 Å². The van der Waals surface area contributed by atoms with E-state index in [1.54, 1.807) is 6.07 Å². The molecular formula is C17H20N4O4. The van der Waals surface area contributed by atoms with Crippen LogP contribution in [0.2, 0.25) is 0 Å². The average Bonchev–Trinajstić information content (AvgIpc) is 3.41. The van der Waals surface area contributed by atoms with E-state index in [1.807, 2.05) is 6.92 Å². The lowest BCUT2D eigenvalue weighted by molar-refractivity contribution is 0.0837. The van der Waals surface area contributed by atoms with Crippen LogP contribution in [0, 0.1) is 6.92 Å². The van der Waals surface area contributed by atoms with Crippen LogP contribution in [0.4, 0.5) is 5.88 Å². The minimum Gasteiger partial charge on any atom is -0.381 e. The lowest BCUT2D eigenvalue weighted by Crippen LogP contribution is -2.24. The average molecular weight is 344 g/mol. The summed E-state index contributed by atoms with van der Waals surface area (Å²) in [5.41, 5.74) is 1.93. The zero-order valence-electron chi connectivity index (χ0n) is 14.0. The molecule has 1 saturated carbocycles. The first kappa shape index (κ1) is 16.0. The lowest BCUT2D eigenvalue weighted by Gasteiger charge is -2.20. The fourth-order valence-electron chi connectivity index (χ4n) is 3.16. The van der Waals surface area contributed by atoms with Gasteiger partial charge in [0.15, 0.2) is 0 Å². The molecule has 1 amide bonds. The predicted octanol–water partition coefficient (Wildman–Crippen LogP) is 2.09. The second kappa shape index (κ2) is 6.44. The minimum atomic E-state index is -0.511. The van der Waals surface area contributed by atoms with E-state index in [1.165, 1.54) is 0 Å². The van der Waals surface area contributed by atoms with E-state index in [0.29, 0.717) is 19.1 Å². The molecule has 0 atom stereocenters. The third kappa shape index (κ3) is 3.21. The van der Waals surface area contributed by atoms with Gasteiger partial charge in [-0.25, -0.2) is 5.10 Å². The van der Waals surface area contributed by atoms with Crippen LogP contribution in [-0.4, -0.2) is 34.5 Å². The van der Waals surface area contributed by atoms with Gasteiger partial charge in [0.25, 0.3) is 11.5 Å². The molecule has 4 rings (SSSR count). The maximum absolute atomic E-state index is 12.5. The quantitative estimate of drug-likeness (QED) is 0.879. The van der Waals surface area contributed by atoms with Gasteiger partial charge in [-0.3, -0.25) is 14.9 Å². The molecule has 2 aromatic rings. The molecule has 8 heteroatoms. The molecule has 2 N–H and O–H groups in total. The zero-order valence-corrected chi connectivity index (χ0v) is 14.0. The predicted molar refractivity (Wildman–Crippen MR) is 88.8 cm³/mol. The molecule has 3 heterocycles. The molecule has 0 unspecified atom stereocenters. The maximum atomic E-state index is 12.5. The summed E-state index contributed by atoms with van der Waals surface area (Å²) in [5, 5.41) is 13.2. The molecule has 1 saturated heterocycles. The smallest absolute Gasteiger partial charge is 0.277 e. The Kier molecular flexibility index (Phi) is 4.12. The van der Waals surface area contributed by atoms with Crippen LogP contribution in [0.5, 0.6) is 0 Å². The molecule has 0 aromatic carbocycles. The van der Waals surface area contributed by atoms with Crippen molar-refractivity contribution in [3.05, 3.63) is 38.9 Å². The van der Waals surface area contributed by atoms with Crippen LogP contribution in [0.25, 0.3) is 0 Å². The number of carbonyl (C=O) groups excluding carboxylic acids is 1. The largest absolute Gasteiger partial charge is 0.381 e. The monoisotopic (exact) mass is 344 g/mol. The van der Waals surface area contributed by atoms with Gasteiger partial charge in [-0.15, -0.1) is 0 Å². The number of anilines is 1.